The molecule has 1 heterocycles. The molecule has 0 aromatic carbocycles. The van der Waals surface area contributed by atoms with Gasteiger partial charge >= 0.3 is 0 Å². The number of hydrogen-bond acceptors (Lipinski definition) is 4. The molecule has 0 atom stereocenters. The van der Waals surface area contributed by atoms with Crippen LogP contribution in [-0.2, 0) is 11.8 Å². The van der Waals surface area contributed by atoms with Gasteiger partial charge in [-0.3, -0.25) is 4.68 Å². The Morgan fingerprint density at radius 2 is 2.17 bits per heavy atom. The number of anilines is 1. The quantitative estimate of drug-likeness (QED) is 0.555. The fourth-order valence-corrected chi connectivity index (χ4v) is 2.16. The number of nitrogens with one attached hydrogen (secondary N) is 1. The molecule has 102 valence electrons. The Balaban J connectivity index is 2.49. The van der Waals surface area contributed by atoms with Crippen molar-refractivity contribution in [1.82, 2.24) is 9.78 Å². The molecule has 0 unspecified atom stereocenters. The van der Waals surface area contributed by atoms with E-state index in [2.05, 4.69) is 10.4 Å². The average molecular weight is 270 g/mol. The lowest BCUT2D eigenvalue weighted by atomic mass is 10.2. The van der Waals surface area contributed by atoms with Gasteiger partial charge in [-0.1, -0.05) is 12.2 Å². The first kappa shape index (κ1) is 14.9. The summed E-state index contributed by atoms with van der Waals surface area (Å²) in [5.74, 6) is 0.909. The number of aryl methyl sites for hydroxylation is 2. The molecule has 0 radical (unpaired) electrons. The number of rotatable bonds is 8. The smallest absolute Gasteiger partial charge is 0.134 e. The molecule has 0 amide bonds. The molecule has 6 heteroatoms. The van der Waals surface area contributed by atoms with Gasteiger partial charge in [0.25, 0.3) is 0 Å². The first-order valence-corrected chi connectivity index (χ1v) is 6.55. The van der Waals surface area contributed by atoms with Crippen molar-refractivity contribution in [2.24, 2.45) is 12.8 Å². The van der Waals surface area contributed by atoms with E-state index in [0.717, 1.165) is 49.5 Å². The van der Waals surface area contributed by atoms with E-state index in [1.165, 1.54) is 0 Å². The van der Waals surface area contributed by atoms with Gasteiger partial charge in [0, 0.05) is 27.3 Å². The molecule has 0 aliphatic rings. The standard InChI is InChI=1S/C12H22N4OS/c1-9-10(11(13)18)12(16(2)15-9)14-7-5-4-6-8-17-3/h14H,4-8H2,1-3H3,(H2,13,18). The van der Waals surface area contributed by atoms with E-state index in [9.17, 15) is 0 Å². The van der Waals surface area contributed by atoms with Gasteiger partial charge in [-0.2, -0.15) is 5.10 Å². The van der Waals surface area contributed by atoms with Crippen molar-refractivity contribution in [3.8, 4) is 0 Å². The maximum absolute atomic E-state index is 5.72. The highest BCUT2D eigenvalue weighted by molar-refractivity contribution is 7.80. The number of ether oxygens (including phenoxy) is 1. The van der Waals surface area contributed by atoms with Crippen LogP contribution >= 0.6 is 12.2 Å². The zero-order chi connectivity index (χ0) is 13.5. The average Bonchev–Trinajstić information content (AvgIpc) is 2.58. The van der Waals surface area contributed by atoms with Gasteiger partial charge in [-0.15, -0.1) is 0 Å². The molecule has 3 N–H and O–H groups in total. The number of hydrogen-bond donors (Lipinski definition) is 2. The van der Waals surface area contributed by atoms with Crippen LogP contribution in [0.1, 0.15) is 30.5 Å². The van der Waals surface area contributed by atoms with Crippen LogP contribution in [0.4, 0.5) is 5.82 Å². The second-order valence-corrected chi connectivity index (χ2v) is 4.72. The minimum atomic E-state index is 0.391. The molecule has 1 aromatic heterocycles. The van der Waals surface area contributed by atoms with Crippen molar-refractivity contribution >= 4 is 23.0 Å². The zero-order valence-electron chi connectivity index (χ0n) is 11.3. The Hall–Kier alpha value is -1.14. The Bertz CT molecular complexity index is 403. The van der Waals surface area contributed by atoms with Crippen molar-refractivity contribution in [2.45, 2.75) is 26.2 Å². The van der Waals surface area contributed by atoms with E-state index in [-0.39, 0.29) is 0 Å². The normalized spacial score (nSPS) is 10.6. The lowest BCUT2D eigenvalue weighted by molar-refractivity contribution is 0.192. The first-order valence-electron chi connectivity index (χ1n) is 6.14. The second-order valence-electron chi connectivity index (χ2n) is 4.28. The SMILES string of the molecule is COCCCCCNc1c(C(N)=S)c(C)nn1C. The Morgan fingerprint density at radius 1 is 1.44 bits per heavy atom. The number of unbranched alkanes of at least 4 members (excludes halogenated alkanes) is 2. The summed E-state index contributed by atoms with van der Waals surface area (Å²) in [4.78, 5) is 0.391. The van der Waals surface area contributed by atoms with Crippen molar-refractivity contribution in [3.63, 3.8) is 0 Å². The molecular weight excluding hydrogens is 248 g/mol. The summed E-state index contributed by atoms with van der Waals surface area (Å²) in [7, 11) is 3.62. The zero-order valence-corrected chi connectivity index (χ0v) is 12.1. The van der Waals surface area contributed by atoms with E-state index >= 15 is 0 Å². The van der Waals surface area contributed by atoms with Crippen LogP contribution in [0.25, 0.3) is 0 Å². The van der Waals surface area contributed by atoms with Crippen LogP contribution in [0.2, 0.25) is 0 Å². The molecule has 0 saturated carbocycles. The van der Waals surface area contributed by atoms with Crippen LogP contribution < -0.4 is 11.1 Å². The van der Waals surface area contributed by atoms with E-state index in [1.54, 1.807) is 11.8 Å². The van der Waals surface area contributed by atoms with Gasteiger partial charge in [0.2, 0.25) is 0 Å². The highest BCUT2D eigenvalue weighted by Crippen LogP contribution is 2.18. The van der Waals surface area contributed by atoms with Gasteiger partial charge in [-0.25, -0.2) is 0 Å². The van der Waals surface area contributed by atoms with Crippen molar-refractivity contribution in [2.75, 3.05) is 25.6 Å². The Morgan fingerprint density at radius 3 is 2.78 bits per heavy atom. The molecule has 5 nitrogen and oxygen atoms in total. The fourth-order valence-electron chi connectivity index (χ4n) is 1.91. The van der Waals surface area contributed by atoms with Gasteiger partial charge in [-0.05, 0) is 26.2 Å². The fraction of sp³-hybridized carbons (Fsp3) is 0.667. The largest absolute Gasteiger partial charge is 0.389 e. The van der Waals surface area contributed by atoms with Gasteiger partial charge < -0.3 is 15.8 Å². The van der Waals surface area contributed by atoms with E-state index in [0.29, 0.717) is 4.99 Å². The molecule has 1 rings (SSSR count). The predicted octanol–water partition coefficient (Wildman–Crippen LogP) is 1.59. The molecule has 0 aliphatic heterocycles. The highest BCUT2D eigenvalue weighted by atomic mass is 32.1. The Labute approximate surface area is 114 Å². The van der Waals surface area contributed by atoms with Crippen molar-refractivity contribution in [3.05, 3.63) is 11.3 Å². The molecule has 0 fully saturated rings. The third-order valence-corrected chi connectivity index (χ3v) is 2.99. The highest BCUT2D eigenvalue weighted by Gasteiger charge is 2.14. The topological polar surface area (TPSA) is 65.1 Å². The number of nitrogens with zero attached hydrogens (tertiary/aromatic N) is 2. The number of methoxy groups -OCH3 is 1. The molecule has 0 aliphatic carbocycles. The summed E-state index contributed by atoms with van der Waals surface area (Å²) in [6.45, 7) is 3.62. The number of thiocarbonyl (C=S) groups is 1. The van der Waals surface area contributed by atoms with Crippen LogP contribution in [0.5, 0.6) is 0 Å². The third-order valence-electron chi connectivity index (χ3n) is 2.79. The van der Waals surface area contributed by atoms with Crippen molar-refractivity contribution < 1.29 is 4.74 Å². The van der Waals surface area contributed by atoms with Crippen LogP contribution in [0.3, 0.4) is 0 Å². The van der Waals surface area contributed by atoms with E-state index < -0.39 is 0 Å². The second kappa shape index (κ2) is 7.33. The van der Waals surface area contributed by atoms with Crippen LogP contribution in [-0.4, -0.2) is 35.0 Å². The lowest BCUT2D eigenvalue weighted by Crippen LogP contribution is -2.15. The molecule has 18 heavy (non-hydrogen) atoms. The molecule has 1 aromatic rings. The lowest BCUT2D eigenvalue weighted by Gasteiger charge is -2.09. The Kier molecular flexibility index (Phi) is 6.07. The summed E-state index contributed by atoms with van der Waals surface area (Å²) >= 11 is 5.05. The monoisotopic (exact) mass is 270 g/mol. The maximum atomic E-state index is 5.72. The van der Waals surface area contributed by atoms with Crippen LogP contribution in [0.15, 0.2) is 0 Å². The van der Waals surface area contributed by atoms with Crippen LogP contribution in [0, 0.1) is 6.92 Å². The minimum Gasteiger partial charge on any atom is -0.389 e. The van der Waals surface area contributed by atoms with Crippen molar-refractivity contribution in [1.29, 1.82) is 0 Å². The molecule has 0 bridgehead atoms. The third kappa shape index (κ3) is 3.96. The number of nitrogens with two attached hydrogens (primary N) is 1. The van der Waals surface area contributed by atoms with E-state index in [1.807, 2.05) is 14.0 Å². The maximum Gasteiger partial charge on any atom is 0.134 e. The molecule has 0 spiro atoms. The molecular formula is C12H22N4OS. The molecule has 0 saturated heterocycles. The van der Waals surface area contributed by atoms with Gasteiger partial charge in [0.1, 0.15) is 10.8 Å². The summed E-state index contributed by atoms with van der Waals surface area (Å²) in [5.41, 5.74) is 7.44. The summed E-state index contributed by atoms with van der Waals surface area (Å²) in [6.07, 6.45) is 3.31. The van der Waals surface area contributed by atoms with Gasteiger partial charge in [0.05, 0.1) is 11.3 Å². The minimum absolute atomic E-state index is 0.391. The summed E-state index contributed by atoms with van der Waals surface area (Å²) in [5, 5.41) is 7.68. The number of aromatic nitrogens is 2. The first-order chi connectivity index (χ1) is 8.57. The summed E-state index contributed by atoms with van der Waals surface area (Å²) in [6, 6.07) is 0. The summed E-state index contributed by atoms with van der Waals surface area (Å²) < 4.78 is 6.80. The van der Waals surface area contributed by atoms with Gasteiger partial charge in [0.15, 0.2) is 0 Å². The predicted molar refractivity (Wildman–Crippen MR) is 78.0 cm³/mol. The van der Waals surface area contributed by atoms with E-state index in [4.69, 9.17) is 22.7 Å².